The Balaban J connectivity index is 1.65. The minimum atomic E-state index is -3.87. The Labute approximate surface area is 175 Å². The second-order valence-electron chi connectivity index (χ2n) is 8.55. The first-order valence-electron chi connectivity index (χ1n) is 9.57. The highest BCUT2D eigenvalue weighted by Crippen LogP contribution is 2.34. The summed E-state index contributed by atoms with van der Waals surface area (Å²) in [5, 5.41) is 9.08. The number of carboxylic acid groups (broad SMARTS) is 1. The number of fused-ring (bicyclic) bond motifs is 1. The largest absolute Gasteiger partial charge is 0.495 e. The van der Waals surface area contributed by atoms with Gasteiger partial charge >= 0.3 is 22.3 Å². The Morgan fingerprint density at radius 2 is 1.73 bits per heavy atom. The van der Waals surface area contributed by atoms with Crippen molar-refractivity contribution in [1.29, 1.82) is 0 Å². The molecule has 1 amide bonds. The van der Waals surface area contributed by atoms with Gasteiger partial charge in [0.2, 0.25) is 0 Å². The molecular weight excluding hydrogens is 414 g/mol. The summed E-state index contributed by atoms with van der Waals surface area (Å²) in [4.78, 5) is 25.0. The van der Waals surface area contributed by atoms with E-state index in [1.807, 2.05) is 0 Å². The number of nitrogens with zero attached hydrogens (tertiary/aromatic N) is 2. The van der Waals surface area contributed by atoms with Gasteiger partial charge in [0, 0.05) is 26.2 Å². The molecule has 2 aliphatic heterocycles. The average molecular weight is 442 g/mol. The molecule has 1 aromatic carbocycles. The van der Waals surface area contributed by atoms with Gasteiger partial charge in [-0.2, -0.15) is 12.7 Å². The molecule has 0 radical (unpaired) electrons. The molecule has 2 aliphatic rings. The number of aromatic carboxylic acids is 1. The summed E-state index contributed by atoms with van der Waals surface area (Å²) < 4.78 is 40.1. The van der Waals surface area contributed by atoms with Crippen LogP contribution in [0.15, 0.2) is 18.2 Å². The molecule has 2 N–H and O–H groups in total. The second-order valence-corrected chi connectivity index (χ2v) is 10.2. The molecular formula is C19H27N3O7S. The molecule has 0 aliphatic carbocycles. The predicted molar refractivity (Wildman–Crippen MR) is 109 cm³/mol. The maximum Gasteiger partial charge on any atom is 0.410 e. The molecule has 0 spiro atoms. The van der Waals surface area contributed by atoms with Gasteiger partial charge in [0.15, 0.2) is 0 Å². The number of amides is 1. The van der Waals surface area contributed by atoms with Gasteiger partial charge in [-0.05, 0) is 50.8 Å². The number of carboxylic acids is 1. The molecule has 2 saturated heterocycles. The Hall–Kier alpha value is -2.53. The molecule has 166 valence electrons. The van der Waals surface area contributed by atoms with Gasteiger partial charge in [-0.15, -0.1) is 0 Å². The van der Waals surface area contributed by atoms with E-state index in [4.69, 9.17) is 14.6 Å². The van der Waals surface area contributed by atoms with Gasteiger partial charge in [0.05, 0.1) is 18.4 Å². The van der Waals surface area contributed by atoms with Crippen molar-refractivity contribution >= 4 is 28.0 Å². The molecule has 2 atom stereocenters. The molecule has 0 unspecified atom stereocenters. The van der Waals surface area contributed by atoms with Crippen molar-refractivity contribution in [2.75, 3.05) is 38.0 Å². The molecule has 2 heterocycles. The van der Waals surface area contributed by atoms with Crippen molar-refractivity contribution in [2.45, 2.75) is 26.4 Å². The van der Waals surface area contributed by atoms with E-state index in [9.17, 15) is 18.0 Å². The van der Waals surface area contributed by atoms with Crippen molar-refractivity contribution in [3.05, 3.63) is 23.8 Å². The second kappa shape index (κ2) is 7.95. The van der Waals surface area contributed by atoms with Gasteiger partial charge in [-0.25, -0.2) is 9.59 Å². The number of hydrogen-bond acceptors (Lipinski definition) is 6. The van der Waals surface area contributed by atoms with E-state index >= 15 is 0 Å². The highest BCUT2D eigenvalue weighted by molar-refractivity contribution is 7.90. The normalized spacial score (nSPS) is 21.9. The van der Waals surface area contributed by atoms with Crippen LogP contribution in [-0.4, -0.2) is 73.7 Å². The van der Waals surface area contributed by atoms with Crippen LogP contribution in [-0.2, 0) is 14.9 Å². The van der Waals surface area contributed by atoms with Crippen LogP contribution in [0.5, 0.6) is 5.75 Å². The number of benzene rings is 1. The third kappa shape index (κ3) is 4.78. The zero-order valence-corrected chi connectivity index (χ0v) is 18.2. The molecule has 2 fully saturated rings. The number of carbonyl (C=O) groups excluding carboxylic acids is 1. The van der Waals surface area contributed by atoms with E-state index in [1.165, 1.54) is 29.6 Å². The minimum absolute atomic E-state index is 0.00673. The topological polar surface area (TPSA) is 125 Å². The number of nitrogens with one attached hydrogen (secondary N) is 1. The zero-order valence-electron chi connectivity index (χ0n) is 17.4. The first-order chi connectivity index (χ1) is 13.9. The van der Waals surface area contributed by atoms with Crippen LogP contribution < -0.4 is 9.46 Å². The first kappa shape index (κ1) is 22.2. The number of anilines is 1. The quantitative estimate of drug-likeness (QED) is 0.714. The summed E-state index contributed by atoms with van der Waals surface area (Å²) in [5.74, 6) is -0.950. The molecule has 1 aromatic rings. The Morgan fingerprint density at radius 3 is 2.23 bits per heavy atom. The SMILES string of the molecule is COc1cc(C(=O)O)ccc1NS(=O)(=O)N1C[C@H]2CN(C(=O)OC(C)(C)C)C[C@H]2C1. The highest BCUT2D eigenvalue weighted by atomic mass is 32.2. The number of likely N-dealkylation sites (tertiary alicyclic amines) is 1. The summed E-state index contributed by atoms with van der Waals surface area (Å²) in [5.41, 5.74) is -0.425. The summed E-state index contributed by atoms with van der Waals surface area (Å²) >= 11 is 0. The van der Waals surface area contributed by atoms with Crippen LogP contribution in [0, 0.1) is 11.8 Å². The fourth-order valence-corrected chi connectivity index (χ4v) is 5.09. The smallest absolute Gasteiger partial charge is 0.410 e. The molecule has 0 bridgehead atoms. The number of ether oxygens (including phenoxy) is 2. The molecule has 0 saturated carbocycles. The fourth-order valence-electron chi connectivity index (χ4n) is 3.73. The monoisotopic (exact) mass is 441 g/mol. The van der Waals surface area contributed by atoms with Gasteiger partial charge in [0.25, 0.3) is 0 Å². The van der Waals surface area contributed by atoms with E-state index in [-0.39, 0.29) is 48.0 Å². The number of rotatable bonds is 5. The maximum atomic E-state index is 12.9. The lowest BCUT2D eigenvalue weighted by Crippen LogP contribution is -2.40. The van der Waals surface area contributed by atoms with Crippen molar-refractivity contribution in [2.24, 2.45) is 11.8 Å². The molecule has 11 heteroatoms. The third-order valence-electron chi connectivity index (χ3n) is 5.13. The van der Waals surface area contributed by atoms with Crippen molar-refractivity contribution in [3.63, 3.8) is 0 Å². The van der Waals surface area contributed by atoms with E-state index in [0.29, 0.717) is 13.1 Å². The van der Waals surface area contributed by atoms with Crippen molar-refractivity contribution in [3.8, 4) is 5.75 Å². The Kier molecular flexibility index (Phi) is 5.87. The zero-order chi connectivity index (χ0) is 22.3. The van der Waals surface area contributed by atoms with Gasteiger partial charge in [-0.3, -0.25) is 4.72 Å². The van der Waals surface area contributed by atoms with Crippen LogP contribution in [0.4, 0.5) is 10.5 Å². The van der Waals surface area contributed by atoms with Crippen LogP contribution in [0.2, 0.25) is 0 Å². The lowest BCUT2D eigenvalue weighted by atomic mass is 10.0. The molecule has 30 heavy (non-hydrogen) atoms. The van der Waals surface area contributed by atoms with Crippen molar-refractivity contribution in [1.82, 2.24) is 9.21 Å². The Bertz CT molecular complexity index is 928. The van der Waals surface area contributed by atoms with Crippen molar-refractivity contribution < 1.29 is 32.6 Å². The summed E-state index contributed by atoms with van der Waals surface area (Å²) in [6.45, 7) is 6.88. The van der Waals surface area contributed by atoms with Crippen LogP contribution >= 0.6 is 0 Å². The van der Waals surface area contributed by atoms with Crippen LogP contribution in [0.25, 0.3) is 0 Å². The highest BCUT2D eigenvalue weighted by Gasteiger charge is 2.46. The summed E-state index contributed by atoms with van der Waals surface area (Å²) in [6, 6.07) is 3.93. The first-order valence-corrected chi connectivity index (χ1v) is 11.0. The number of hydrogen-bond donors (Lipinski definition) is 2. The summed E-state index contributed by atoms with van der Waals surface area (Å²) in [6.07, 6.45) is -0.382. The lowest BCUT2D eigenvalue weighted by Gasteiger charge is -2.26. The third-order valence-corrected chi connectivity index (χ3v) is 6.59. The van der Waals surface area contributed by atoms with Gasteiger partial charge in [-0.1, -0.05) is 0 Å². The van der Waals surface area contributed by atoms with Gasteiger partial charge < -0.3 is 19.5 Å². The fraction of sp³-hybridized carbons (Fsp3) is 0.579. The minimum Gasteiger partial charge on any atom is -0.495 e. The molecule has 0 aromatic heterocycles. The summed E-state index contributed by atoms with van der Waals surface area (Å²) in [7, 11) is -2.53. The molecule has 3 rings (SSSR count). The van der Waals surface area contributed by atoms with Gasteiger partial charge in [0.1, 0.15) is 11.4 Å². The molecule has 10 nitrogen and oxygen atoms in total. The van der Waals surface area contributed by atoms with Crippen LogP contribution in [0.3, 0.4) is 0 Å². The predicted octanol–water partition coefficient (Wildman–Crippen LogP) is 1.85. The lowest BCUT2D eigenvalue weighted by molar-refractivity contribution is 0.0278. The van der Waals surface area contributed by atoms with Crippen LogP contribution in [0.1, 0.15) is 31.1 Å². The van der Waals surface area contributed by atoms with E-state index in [2.05, 4.69) is 4.72 Å². The number of carbonyl (C=O) groups is 2. The average Bonchev–Trinajstić information content (AvgIpc) is 3.19. The maximum absolute atomic E-state index is 12.9. The van der Waals surface area contributed by atoms with E-state index in [1.54, 1.807) is 25.7 Å². The number of methoxy groups -OCH3 is 1. The van der Waals surface area contributed by atoms with E-state index < -0.39 is 21.8 Å². The van der Waals surface area contributed by atoms with E-state index in [0.717, 1.165) is 0 Å². The Morgan fingerprint density at radius 1 is 1.13 bits per heavy atom. The standard InChI is InChI=1S/C19H27N3O7S/c1-19(2,3)29-18(25)21-8-13-10-22(11-14(13)9-21)30(26,27)20-15-6-5-12(17(23)24)7-16(15)28-4/h5-7,13-14,20H,8-11H2,1-4H3,(H,23,24)/t13-,14+.